The summed E-state index contributed by atoms with van der Waals surface area (Å²) in [7, 11) is 0. The number of hydrogen-bond donors (Lipinski definition) is 0. The number of nitriles is 1. The predicted molar refractivity (Wildman–Crippen MR) is 90.5 cm³/mol. The van der Waals surface area contributed by atoms with Crippen molar-refractivity contribution in [1.29, 1.82) is 5.26 Å². The molecule has 7 heteroatoms. The molecule has 0 bridgehead atoms. The zero-order valence-corrected chi connectivity index (χ0v) is 14.2. The first-order valence-corrected chi connectivity index (χ1v) is 8.46. The lowest BCUT2D eigenvalue weighted by Gasteiger charge is -2.03. The Bertz CT molecular complexity index is 903. The molecular weight excluding hydrogens is 341 g/mol. The van der Waals surface area contributed by atoms with E-state index in [1.165, 1.54) is 17.8 Å². The molecule has 1 heterocycles. The van der Waals surface area contributed by atoms with E-state index in [0.717, 1.165) is 11.3 Å². The summed E-state index contributed by atoms with van der Waals surface area (Å²) in [6.45, 7) is 2.17. The highest BCUT2D eigenvalue weighted by Crippen LogP contribution is 2.24. The predicted octanol–water partition coefficient (Wildman–Crippen LogP) is 4.26. The lowest BCUT2D eigenvalue weighted by molar-refractivity contribution is 0.252. The number of hydrogen-bond acceptors (Lipinski definition) is 6. The van der Waals surface area contributed by atoms with Crippen molar-refractivity contribution in [3.8, 4) is 11.8 Å². The van der Waals surface area contributed by atoms with Crippen LogP contribution in [0.5, 0.6) is 5.75 Å². The minimum Gasteiger partial charge on any atom is -0.484 e. The van der Waals surface area contributed by atoms with Gasteiger partial charge in [0.2, 0.25) is 0 Å². The molecule has 0 aliphatic carbocycles. The second-order valence-electron chi connectivity index (χ2n) is 5.27. The molecule has 1 aromatic heterocycles. The van der Waals surface area contributed by atoms with Crippen LogP contribution in [0.1, 0.15) is 22.6 Å². The van der Waals surface area contributed by atoms with Crippen molar-refractivity contribution in [2.45, 2.75) is 24.5 Å². The van der Waals surface area contributed by atoms with Gasteiger partial charge in [0, 0.05) is 5.75 Å². The molecular formula is C18H14FN3O2S. The van der Waals surface area contributed by atoms with Crippen LogP contribution in [0.15, 0.2) is 52.1 Å². The molecule has 3 aromatic rings. The molecule has 0 spiro atoms. The Balaban J connectivity index is 1.55. The quantitative estimate of drug-likeness (QED) is 0.615. The minimum absolute atomic E-state index is 0.169. The van der Waals surface area contributed by atoms with Crippen LogP contribution in [0, 0.1) is 24.1 Å². The number of aromatic nitrogens is 2. The molecule has 0 aliphatic rings. The zero-order valence-electron chi connectivity index (χ0n) is 13.4. The van der Waals surface area contributed by atoms with Gasteiger partial charge in [-0.3, -0.25) is 0 Å². The number of aryl methyl sites for hydroxylation is 1. The van der Waals surface area contributed by atoms with E-state index in [-0.39, 0.29) is 6.61 Å². The summed E-state index contributed by atoms with van der Waals surface area (Å²) in [5.41, 5.74) is 1.91. The lowest BCUT2D eigenvalue weighted by Crippen LogP contribution is -1.95. The molecule has 0 saturated heterocycles. The molecule has 2 aromatic carbocycles. The zero-order chi connectivity index (χ0) is 17.6. The van der Waals surface area contributed by atoms with Crippen LogP contribution in [0.2, 0.25) is 0 Å². The van der Waals surface area contributed by atoms with Crippen LogP contribution in [-0.2, 0) is 12.4 Å². The van der Waals surface area contributed by atoms with Crippen LogP contribution in [0.4, 0.5) is 4.39 Å². The Hall–Kier alpha value is -2.85. The molecule has 0 amide bonds. The summed E-state index contributed by atoms with van der Waals surface area (Å²) in [5, 5.41) is 16.9. The van der Waals surface area contributed by atoms with Gasteiger partial charge in [0.05, 0.1) is 11.6 Å². The Morgan fingerprint density at radius 1 is 1.20 bits per heavy atom. The summed E-state index contributed by atoms with van der Waals surface area (Å²) in [6, 6.07) is 13.9. The van der Waals surface area contributed by atoms with E-state index in [1.54, 1.807) is 12.1 Å². The van der Waals surface area contributed by atoms with Crippen molar-refractivity contribution in [1.82, 2.24) is 10.2 Å². The van der Waals surface area contributed by atoms with Crippen molar-refractivity contribution >= 4 is 11.8 Å². The highest BCUT2D eigenvalue weighted by atomic mass is 32.2. The van der Waals surface area contributed by atoms with E-state index < -0.39 is 5.82 Å². The molecule has 0 aliphatic heterocycles. The maximum Gasteiger partial charge on any atom is 0.277 e. The van der Waals surface area contributed by atoms with Gasteiger partial charge < -0.3 is 9.15 Å². The Morgan fingerprint density at radius 2 is 2.00 bits per heavy atom. The first-order valence-electron chi connectivity index (χ1n) is 7.47. The second kappa shape index (κ2) is 7.81. The standard InChI is InChI=1S/C18H14FN3O2S/c1-12-2-6-15(7-3-12)23-10-17-21-22-18(24-17)25-11-14-5-4-13(9-20)8-16(14)19/h2-8H,10-11H2,1H3. The maximum atomic E-state index is 13.8. The Labute approximate surface area is 148 Å². The fraction of sp³-hybridized carbons (Fsp3) is 0.167. The van der Waals surface area contributed by atoms with E-state index in [4.69, 9.17) is 14.4 Å². The highest BCUT2D eigenvalue weighted by molar-refractivity contribution is 7.98. The van der Waals surface area contributed by atoms with Crippen molar-refractivity contribution < 1.29 is 13.5 Å². The number of thioether (sulfide) groups is 1. The SMILES string of the molecule is Cc1ccc(OCc2nnc(SCc3ccc(C#N)cc3F)o2)cc1. The van der Waals surface area contributed by atoms with Crippen molar-refractivity contribution in [2.75, 3.05) is 0 Å². The molecule has 0 unspecified atom stereocenters. The van der Waals surface area contributed by atoms with E-state index >= 15 is 0 Å². The normalized spacial score (nSPS) is 10.4. The molecule has 126 valence electrons. The van der Waals surface area contributed by atoms with Gasteiger partial charge in [0.15, 0.2) is 6.61 Å². The van der Waals surface area contributed by atoms with Crippen molar-refractivity contribution in [3.05, 3.63) is 70.9 Å². The Kier molecular flexibility index (Phi) is 5.31. The molecule has 0 radical (unpaired) electrons. The number of rotatable bonds is 6. The second-order valence-corrected chi connectivity index (χ2v) is 6.20. The number of halogens is 1. The van der Waals surface area contributed by atoms with Gasteiger partial charge in [0.25, 0.3) is 11.1 Å². The lowest BCUT2D eigenvalue weighted by atomic mass is 10.1. The highest BCUT2D eigenvalue weighted by Gasteiger charge is 2.10. The van der Waals surface area contributed by atoms with Crippen LogP contribution < -0.4 is 4.74 Å². The molecule has 0 saturated carbocycles. The van der Waals surface area contributed by atoms with Gasteiger partial charge in [-0.05, 0) is 36.8 Å². The minimum atomic E-state index is -0.422. The van der Waals surface area contributed by atoms with Crippen molar-refractivity contribution in [2.24, 2.45) is 0 Å². The first kappa shape index (κ1) is 17.0. The van der Waals surface area contributed by atoms with Crippen LogP contribution >= 0.6 is 11.8 Å². The topological polar surface area (TPSA) is 71.9 Å². The fourth-order valence-corrected chi connectivity index (χ4v) is 2.77. The number of nitrogens with zero attached hydrogens (tertiary/aromatic N) is 3. The summed E-state index contributed by atoms with van der Waals surface area (Å²) < 4.78 is 24.9. The van der Waals surface area contributed by atoms with Crippen LogP contribution in [0.25, 0.3) is 0 Å². The summed E-state index contributed by atoms with van der Waals surface area (Å²) >= 11 is 1.23. The largest absolute Gasteiger partial charge is 0.484 e. The third kappa shape index (κ3) is 4.58. The summed E-state index contributed by atoms with van der Waals surface area (Å²) in [6.07, 6.45) is 0. The first-order chi connectivity index (χ1) is 12.1. The molecule has 3 rings (SSSR count). The smallest absolute Gasteiger partial charge is 0.277 e. The monoisotopic (exact) mass is 355 g/mol. The van der Waals surface area contributed by atoms with E-state index in [0.29, 0.717) is 28.0 Å². The van der Waals surface area contributed by atoms with Crippen LogP contribution in [0.3, 0.4) is 0 Å². The molecule has 0 N–H and O–H groups in total. The summed E-state index contributed by atoms with van der Waals surface area (Å²) in [4.78, 5) is 0. The molecule has 0 atom stereocenters. The van der Waals surface area contributed by atoms with Gasteiger partial charge in [-0.2, -0.15) is 5.26 Å². The molecule has 0 fully saturated rings. The number of ether oxygens (including phenoxy) is 1. The Morgan fingerprint density at radius 3 is 2.72 bits per heavy atom. The van der Waals surface area contributed by atoms with E-state index in [9.17, 15) is 4.39 Å². The fourth-order valence-electron chi connectivity index (χ4n) is 2.01. The van der Waals surface area contributed by atoms with Gasteiger partial charge in [-0.25, -0.2) is 4.39 Å². The van der Waals surface area contributed by atoms with E-state index in [1.807, 2.05) is 37.3 Å². The average Bonchev–Trinajstić information content (AvgIpc) is 3.08. The van der Waals surface area contributed by atoms with Gasteiger partial charge >= 0.3 is 0 Å². The third-order valence-corrected chi connectivity index (χ3v) is 4.23. The number of benzene rings is 2. The van der Waals surface area contributed by atoms with Gasteiger partial charge in [-0.15, -0.1) is 10.2 Å². The van der Waals surface area contributed by atoms with E-state index in [2.05, 4.69) is 10.2 Å². The molecule has 5 nitrogen and oxygen atoms in total. The summed E-state index contributed by atoms with van der Waals surface area (Å²) in [5.74, 6) is 0.980. The maximum absolute atomic E-state index is 13.8. The third-order valence-electron chi connectivity index (χ3n) is 3.36. The van der Waals surface area contributed by atoms with Gasteiger partial charge in [-0.1, -0.05) is 35.5 Å². The average molecular weight is 355 g/mol. The van der Waals surface area contributed by atoms with Crippen LogP contribution in [-0.4, -0.2) is 10.2 Å². The van der Waals surface area contributed by atoms with Gasteiger partial charge in [0.1, 0.15) is 11.6 Å². The van der Waals surface area contributed by atoms with Crippen molar-refractivity contribution in [3.63, 3.8) is 0 Å². The molecule has 25 heavy (non-hydrogen) atoms.